The molecule has 3 aliphatic heterocycles. The first kappa shape index (κ1) is 36.7. The molecule has 0 aromatic heterocycles. The predicted octanol–water partition coefficient (Wildman–Crippen LogP) is 8.03. The van der Waals surface area contributed by atoms with Crippen LogP contribution in [0, 0.1) is 5.41 Å². The van der Waals surface area contributed by atoms with E-state index in [0.29, 0.717) is 19.3 Å². The fourth-order valence-corrected chi connectivity index (χ4v) is 12.6. The SMILES string of the molecule is CC[C@H](/C=C\C1C[C@@H]2C[C@H](OC(C)(C)O2)C(C)(C)[C@@H]2CCC[C@H](C/C=C/C(=O)O1)O2)O[Si](c1ccccc1)(c1ccccc1)C(C)(C)C. The average Bonchev–Trinajstić information content (AvgIpc) is 3.04. The number of hydrogen-bond acceptors (Lipinski definition) is 6. The van der Waals surface area contributed by atoms with Gasteiger partial charge in [0.1, 0.15) is 6.10 Å². The lowest BCUT2D eigenvalue weighted by Crippen LogP contribution is -2.67. The van der Waals surface area contributed by atoms with Crippen molar-refractivity contribution in [1.82, 2.24) is 0 Å². The van der Waals surface area contributed by atoms with Crippen molar-refractivity contribution in [3.63, 3.8) is 0 Å². The number of hydrogen-bond donors (Lipinski definition) is 0. The molecular weight excluding hydrogens is 617 g/mol. The van der Waals surface area contributed by atoms with Gasteiger partial charge in [-0.3, -0.25) is 0 Å². The van der Waals surface area contributed by atoms with Crippen LogP contribution in [0.5, 0.6) is 0 Å². The molecule has 7 heteroatoms. The van der Waals surface area contributed by atoms with Crippen LogP contribution in [0.15, 0.2) is 85.0 Å². The van der Waals surface area contributed by atoms with Gasteiger partial charge in [-0.1, -0.05) is 114 Å². The van der Waals surface area contributed by atoms with Crippen LogP contribution in [0.1, 0.15) is 100 Å². The Morgan fingerprint density at radius 2 is 1.54 bits per heavy atom. The number of carbonyl (C=O) groups excluding carboxylic acids is 1. The van der Waals surface area contributed by atoms with Gasteiger partial charge in [-0.15, -0.1) is 0 Å². The van der Waals surface area contributed by atoms with Gasteiger partial charge in [0.2, 0.25) is 0 Å². The normalized spacial score (nSPS) is 29.4. The molecule has 1 unspecified atom stereocenters. The molecule has 0 amide bonds. The van der Waals surface area contributed by atoms with Gasteiger partial charge in [-0.25, -0.2) is 4.79 Å². The Morgan fingerprint density at radius 3 is 2.15 bits per heavy atom. The molecule has 2 aromatic rings. The van der Waals surface area contributed by atoms with Crippen molar-refractivity contribution in [2.24, 2.45) is 5.41 Å². The third-order valence-electron chi connectivity index (χ3n) is 10.5. The van der Waals surface area contributed by atoms with Crippen LogP contribution in [0.3, 0.4) is 0 Å². The number of fused-ring (bicyclic) bond motifs is 4. The molecule has 262 valence electrons. The van der Waals surface area contributed by atoms with Crippen LogP contribution in [0.25, 0.3) is 0 Å². The molecule has 6 atom stereocenters. The zero-order valence-corrected chi connectivity index (χ0v) is 31.4. The molecule has 0 spiro atoms. The minimum absolute atomic E-state index is 0.0596. The molecule has 3 heterocycles. The van der Waals surface area contributed by atoms with E-state index < -0.39 is 20.2 Å². The fraction of sp³-hybridized carbons (Fsp3) is 0.585. The summed E-state index contributed by atoms with van der Waals surface area (Å²) in [6.07, 6.45) is 12.7. The van der Waals surface area contributed by atoms with Crippen molar-refractivity contribution in [3.05, 3.63) is 85.0 Å². The third kappa shape index (κ3) is 8.42. The monoisotopic (exact) mass is 674 g/mol. The molecule has 2 aromatic carbocycles. The van der Waals surface area contributed by atoms with Crippen molar-refractivity contribution < 1.29 is 28.2 Å². The molecule has 0 radical (unpaired) electrons. The lowest BCUT2D eigenvalue weighted by atomic mass is 9.74. The second-order valence-electron chi connectivity index (χ2n) is 15.9. The van der Waals surface area contributed by atoms with Crippen molar-refractivity contribution in [3.8, 4) is 0 Å². The van der Waals surface area contributed by atoms with Gasteiger partial charge in [0.15, 0.2) is 5.79 Å². The molecule has 48 heavy (non-hydrogen) atoms. The molecule has 0 saturated carbocycles. The lowest BCUT2D eigenvalue weighted by molar-refractivity contribution is -0.327. The number of ether oxygens (including phenoxy) is 4. The quantitative estimate of drug-likeness (QED) is 0.168. The molecule has 5 rings (SSSR count). The van der Waals surface area contributed by atoms with E-state index in [2.05, 4.69) is 108 Å². The molecule has 2 saturated heterocycles. The maximum atomic E-state index is 13.2. The Bertz CT molecular complexity index is 1360. The number of carbonyl (C=O) groups is 1. The number of benzene rings is 2. The van der Waals surface area contributed by atoms with Crippen LogP contribution in [-0.4, -0.2) is 56.7 Å². The smallest absolute Gasteiger partial charge is 0.331 e. The highest BCUT2D eigenvalue weighted by molar-refractivity contribution is 6.99. The predicted molar refractivity (Wildman–Crippen MR) is 195 cm³/mol. The van der Waals surface area contributed by atoms with Crippen LogP contribution in [0.2, 0.25) is 5.04 Å². The highest BCUT2D eigenvalue weighted by Gasteiger charge is 2.51. The summed E-state index contributed by atoms with van der Waals surface area (Å²) in [5, 5.41) is 2.33. The van der Waals surface area contributed by atoms with Gasteiger partial charge in [0.05, 0.1) is 30.5 Å². The van der Waals surface area contributed by atoms with E-state index in [4.69, 9.17) is 23.4 Å². The van der Waals surface area contributed by atoms with Crippen LogP contribution in [-0.2, 0) is 28.2 Å². The maximum Gasteiger partial charge on any atom is 0.331 e. The Kier molecular flexibility index (Phi) is 11.6. The average molecular weight is 675 g/mol. The van der Waals surface area contributed by atoms with E-state index in [1.165, 1.54) is 10.4 Å². The minimum Gasteiger partial charge on any atom is -0.455 e. The second kappa shape index (κ2) is 15.1. The van der Waals surface area contributed by atoms with E-state index in [-0.39, 0.29) is 46.9 Å². The first-order valence-electron chi connectivity index (χ1n) is 18.1. The summed E-state index contributed by atoms with van der Waals surface area (Å²) >= 11 is 0. The Morgan fingerprint density at radius 1 is 0.896 bits per heavy atom. The Labute approximate surface area is 290 Å². The molecule has 4 bridgehead atoms. The molecule has 3 aliphatic rings. The second-order valence-corrected chi connectivity index (χ2v) is 20.2. The highest BCUT2D eigenvalue weighted by Crippen LogP contribution is 2.44. The third-order valence-corrected chi connectivity index (χ3v) is 15.5. The number of rotatable bonds is 7. The zero-order valence-electron chi connectivity index (χ0n) is 30.4. The summed E-state index contributed by atoms with van der Waals surface area (Å²) in [4.78, 5) is 13.2. The number of esters is 1. The van der Waals surface area contributed by atoms with Gasteiger partial charge in [0, 0.05) is 24.3 Å². The number of cyclic esters (lactones) is 1. The van der Waals surface area contributed by atoms with E-state index >= 15 is 0 Å². The van der Waals surface area contributed by atoms with Gasteiger partial charge in [0.25, 0.3) is 8.32 Å². The fourth-order valence-electron chi connectivity index (χ4n) is 7.89. The summed E-state index contributed by atoms with van der Waals surface area (Å²) < 4.78 is 33.3. The van der Waals surface area contributed by atoms with Crippen molar-refractivity contribution in [2.75, 3.05) is 0 Å². The van der Waals surface area contributed by atoms with Crippen molar-refractivity contribution in [2.45, 2.75) is 148 Å². The molecule has 6 nitrogen and oxygen atoms in total. The molecular formula is C41H58O6Si. The standard InChI is InChI=1S/C41H58O6Si/c1-9-30(47-48(39(2,3)4,34-20-12-10-13-21-34)35-22-14-11-15-23-35)26-27-32-28-33-29-37(46-41(7,8)45-33)40(5,6)36-24-16-18-31(43-36)19-17-25-38(42)44-32/h10-15,17,20-23,25-27,30-33,36-37H,9,16,18-19,24,28-29H2,1-8H3/b25-17+,27-26-/t30-,31-,32?,33-,36+,37+/m1/s1. The maximum absolute atomic E-state index is 13.2. The Hall–Kier alpha value is -2.55. The Balaban J connectivity index is 1.47. The molecule has 2 fully saturated rings. The van der Waals surface area contributed by atoms with E-state index in [1.54, 1.807) is 6.08 Å². The van der Waals surface area contributed by atoms with Crippen molar-refractivity contribution in [1.29, 1.82) is 0 Å². The summed E-state index contributed by atoms with van der Waals surface area (Å²) in [6, 6.07) is 21.4. The van der Waals surface area contributed by atoms with E-state index in [0.717, 1.165) is 25.7 Å². The minimum atomic E-state index is -2.78. The first-order valence-corrected chi connectivity index (χ1v) is 20.0. The summed E-state index contributed by atoms with van der Waals surface area (Å²) in [5.74, 6) is -1.12. The van der Waals surface area contributed by atoms with Gasteiger partial charge in [-0.2, -0.15) is 0 Å². The summed E-state index contributed by atoms with van der Waals surface area (Å²) in [7, 11) is -2.78. The lowest BCUT2D eigenvalue weighted by Gasteiger charge is -2.50. The summed E-state index contributed by atoms with van der Waals surface area (Å²) in [6.45, 7) is 17.6. The molecule has 0 aliphatic carbocycles. The first-order chi connectivity index (χ1) is 22.7. The van der Waals surface area contributed by atoms with Crippen molar-refractivity contribution >= 4 is 24.7 Å². The largest absolute Gasteiger partial charge is 0.455 e. The van der Waals surface area contributed by atoms with E-state index in [1.807, 2.05) is 26.0 Å². The van der Waals surface area contributed by atoms with Crippen LogP contribution >= 0.6 is 0 Å². The van der Waals surface area contributed by atoms with Gasteiger partial charge >= 0.3 is 5.97 Å². The van der Waals surface area contributed by atoms with Gasteiger partial charge < -0.3 is 23.4 Å². The topological polar surface area (TPSA) is 63.2 Å². The van der Waals surface area contributed by atoms with E-state index in [9.17, 15) is 4.79 Å². The van der Waals surface area contributed by atoms with Gasteiger partial charge in [-0.05, 0) is 67.4 Å². The highest BCUT2D eigenvalue weighted by atomic mass is 28.4. The molecule has 0 N–H and O–H groups in total. The zero-order chi connectivity index (χ0) is 34.6. The summed E-state index contributed by atoms with van der Waals surface area (Å²) in [5.41, 5.74) is -0.204. The van der Waals surface area contributed by atoms with Crippen LogP contribution in [0.4, 0.5) is 0 Å². The van der Waals surface area contributed by atoms with Crippen LogP contribution < -0.4 is 10.4 Å².